The maximum Gasteiger partial charge on any atom is 0.410 e. The lowest BCUT2D eigenvalue weighted by Crippen LogP contribution is -2.51. The zero-order valence-electron chi connectivity index (χ0n) is 36.7. The van der Waals surface area contributed by atoms with Crippen molar-refractivity contribution in [2.45, 2.75) is 77.0 Å². The maximum absolute atomic E-state index is 14.1. The van der Waals surface area contributed by atoms with Crippen LogP contribution in [-0.4, -0.2) is 122 Å². The van der Waals surface area contributed by atoms with Crippen LogP contribution >= 0.6 is 11.6 Å². The predicted molar refractivity (Wildman–Crippen MR) is 246 cm³/mol. The first-order chi connectivity index (χ1) is 30.6. The first kappa shape index (κ1) is 46.1. The molecule has 0 aliphatic carbocycles. The summed E-state index contributed by atoms with van der Waals surface area (Å²) in [5.41, 5.74) is 1.02. The molecule has 4 amide bonds. The SMILES string of the molecule is CC(C)(C)OC(=O)N1CCN(CCC(=O)Nc2ccc3c(=O)n(CC4(O)CCN(C(=O)C(CCCNC(=O)c5ccc6c(Cl)ccnc6c5)Cc5ccccc5)CC4)cnc3c2)CC1. The van der Waals surface area contributed by atoms with Gasteiger partial charge in [-0.3, -0.25) is 33.6 Å². The minimum absolute atomic E-state index is 0.000255. The first-order valence-corrected chi connectivity index (χ1v) is 22.4. The van der Waals surface area contributed by atoms with Crippen LogP contribution in [0.4, 0.5) is 10.5 Å². The fourth-order valence-corrected chi connectivity index (χ4v) is 8.52. The number of carbonyl (C=O) groups excluding carboxylic acids is 4. The lowest BCUT2D eigenvalue weighted by molar-refractivity contribution is -0.140. The number of carbonyl (C=O) groups is 4. The summed E-state index contributed by atoms with van der Waals surface area (Å²) in [6, 6.07) is 21.8. The summed E-state index contributed by atoms with van der Waals surface area (Å²) in [6.45, 7) is 9.50. The molecule has 15 nitrogen and oxygen atoms in total. The van der Waals surface area contributed by atoms with Crippen molar-refractivity contribution in [2.75, 3.05) is 57.7 Å². The number of pyridine rings is 1. The van der Waals surface area contributed by atoms with E-state index < -0.39 is 11.2 Å². The second kappa shape index (κ2) is 20.3. The molecule has 3 aromatic carbocycles. The number of aliphatic hydroxyl groups is 1. The van der Waals surface area contributed by atoms with E-state index >= 15 is 0 Å². The number of rotatable bonds is 14. The van der Waals surface area contributed by atoms with E-state index in [1.165, 1.54) is 10.9 Å². The van der Waals surface area contributed by atoms with Gasteiger partial charge in [0.05, 0.1) is 39.9 Å². The summed E-state index contributed by atoms with van der Waals surface area (Å²) >= 11 is 6.26. The van der Waals surface area contributed by atoms with Gasteiger partial charge in [0.2, 0.25) is 11.8 Å². The number of likely N-dealkylation sites (tertiary alicyclic amines) is 1. The Hall–Kier alpha value is -5.90. The Morgan fingerprint density at radius 1 is 0.875 bits per heavy atom. The Morgan fingerprint density at radius 3 is 2.33 bits per heavy atom. The number of aromatic nitrogens is 3. The van der Waals surface area contributed by atoms with Gasteiger partial charge in [-0.15, -0.1) is 0 Å². The number of ether oxygens (including phenoxy) is 1. The third kappa shape index (κ3) is 12.0. The summed E-state index contributed by atoms with van der Waals surface area (Å²) in [4.78, 5) is 80.4. The minimum atomic E-state index is -1.23. The van der Waals surface area contributed by atoms with Gasteiger partial charge in [0, 0.05) is 87.5 Å². The van der Waals surface area contributed by atoms with Crippen LogP contribution in [-0.2, 0) is 27.3 Å². The standard InChI is InChI=1S/C48H57ClN8O7/c1-47(2,3)64-46(62)56-26-24-54(25-27-56)21-16-42(58)53-36-12-14-38-41(30-36)52-32-57(45(38)61)31-48(63)17-22-55(23-18-48)44(60)35(28-33-8-5-4-6-9-33)10-7-19-51-43(59)34-11-13-37-39(49)15-20-50-40(37)29-34/h4-6,8-9,11-15,20,29-30,32,35,63H,7,10,16-19,21-28,31H2,1-3H3,(H,51,59)(H,53,58). The zero-order chi connectivity index (χ0) is 45.4. The van der Waals surface area contributed by atoms with Gasteiger partial charge in [-0.2, -0.15) is 0 Å². The number of piperidine rings is 1. The van der Waals surface area contributed by atoms with Crippen molar-refractivity contribution < 1.29 is 29.0 Å². The minimum Gasteiger partial charge on any atom is -0.444 e. The molecule has 0 bridgehead atoms. The van der Waals surface area contributed by atoms with E-state index in [9.17, 15) is 29.1 Å². The van der Waals surface area contributed by atoms with E-state index in [4.69, 9.17) is 16.3 Å². The number of amides is 4. The molecular formula is C48H57ClN8O7. The molecular weight excluding hydrogens is 836 g/mol. The number of fused-ring (bicyclic) bond motifs is 2. The molecule has 0 radical (unpaired) electrons. The van der Waals surface area contributed by atoms with E-state index in [0.717, 1.165) is 10.9 Å². The van der Waals surface area contributed by atoms with E-state index in [-0.39, 0.29) is 61.1 Å². The fourth-order valence-electron chi connectivity index (χ4n) is 8.31. The van der Waals surface area contributed by atoms with Crippen molar-refractivity contribution in [3.05, 3.63) is 112 Å². The van der Waals surface area contributed by atoms with Gasteiger partial charge in [0.15, 0.2) is 0 Å². The second-order valence-electron chi connectivity index (χ2n) is 17.9. The molecule has 2 aliphatic rings. The highest BCUT2D eigenvalue weighted by Gasteiger charge is 2.36. The van der Waals surface area contributed by atoms with Gasteiger partial charge >= 0.3 is 6.09 Å². The quantitative estimate of drug-likeness (QED) is 0.114. The highest BCUT2D eigenvalue weighted by atomic mass is 35.5. The number of hydrogen-bond donors (Lipinski definition) is 3. The van der Waals surface area contributed by atoms with Crippen molar-refractivity contribution in [1.29, 1.82) is 0 Å². The largest absolute Gasteiger partial charge is 0.444 e. The Balaban J connectivity index is 0.890. The van der Waals surface area contributed by atoms with Crippen LogP contribution in [0.25, 0.3) is 21.8 Å². The lowest BCUT2D eigenvalue weighted by Gasteiger charge is -2.39. The number of anilines is 1. The van der Waals surface area contributed by atoms with Crippen LogP contribution < -0.4 is 16.2 Å². The molecule has 1 unspecified atom stereocenters. The first-order valence-electron chi connectivity index (χ1n) is 22.0. The van der Waals surface area contributed by atoms with Gasteiger partial charge in [-0.25, -0.2) is 9.78 Å². The number of hydrogen-bond acceptors (Lipinski definition) is 10. The van der Waals surface area contributed by atoms with Gasteiger partial charge in [-0.05, 0) is 94.8 Å². The molecule has 64 heavy (non-hydrogen) atoms. The monoisotopic (exact) mass is 892 g/mol. The Kier molecular flexibility index (Phi) is 14.6. The molecule has 1 atom stereocenters. The molecule has 0 spiro atoms. The Morgan fingerprint density at radius 2 is 1.59 bits per heavy atom. The van der Waals surface area contributed by atoms with Crippen molar-refractivity contribution in [2.24, 2.45) is 5.92 Å². The highest BCUT2D eigenvalue weighted by Crippen LogP contribution is 2.28. The van der Waals surface area contributed by atoms with Crippen LogP contribution in [0, 0.1) is 5.92 Å². The smallest absolute Gasteiger partial charge is 0.410 e. The zero-order valence-corrected chi connectivity index (χ0v) is 37.5. The topological polar surface area (TPSA) is 179 Å². The summed E-state index contributed by atoms with van der Waals surface area (Å²) in [5, 5.41) is 19.3. The van der Waals surface area contributed by atoms with Crippen molar-refractivity contribution in [1.82, 2.24) is 34.6 Å². The molecule has 16 heteroatoms. The molecule has 5 aromatic rings. The average Bonchev–Trinajstić information content (AvgIpc) is 3.27. The van der Waals surface area contributed by atoms with Gasteiger partial charge in [-0.1, -0.05) is 48.0 Å². The average molecular weight is 893 g/mol. The summed E-state index contributed by atoms with van der Waals surface area (Å²) < 4.78 is 6.88. The normalized spacial score (nSPS) is 16.1. The highest BCUT2D eigenvalue weighted by molar-refractivity contribution is 6.35. The third-order valence-electron chi connectivity index (χ3n) is 11.9. The van der Waals surface area contributed by atoms with Crippen LogP contribution in [0.2, 0.25) is 5.02 Å². The summed E-state index contributed by atoms with van der Waals surface area (Å²) in [6.07, 6.45) is 5.23. The molecule has 2 saturated heterocycles. The van der Waals surface area contributed by atoms with Crippen LogP contribution in [0.5, 0.6) is 0 Å². The molecule has 2 fully saturated rings. The van der Waals surface area contributed by atoms with E-state index in [0.29, 0.717) is 104 Å². The van der Waals surface area contributed by atoms with Crippen LogP contribution in [0.3, 0.4) is 0 Å². The van der Waals surface area contributed by atoms with E-state index in [1.807, 2.05) is 51.1 Å². The molecule has 0 saturated carbocycles. The van der Waals surface area contributed by atoms with Crippen molar-refractivity contribution in [3.8, 4) is 0 Å². The molecule has 7 rings (SSSR count). The van der Waals surface area contributed by atoms with Gasteiger partial charge in [0.25, 0.3) is 11.5 Å². The number of piperazine rings is 1. The van der Waals surface area contributed by atoms with Crippen LogP contribution in [0.1, 0.15) is 68.8 Å². The Bertz CT molecular complexity index is 2530. The predicted octanol–water partition coefficient (Wildman–Crippen LogP) is 5.90. The Labute approximate surface area is 377 Å². The second-order valence-corrected chi connectivity index (χ2v) is 18.3. The summed E-state index contributed by atoms with van der Waals surface area (Å²) in [7, 11) is 0. The number of nitrogens with one attached hydrogen (secondary N) is 2. The van der Waals surface area contributed by atoms with E-state index in [1.54, 1.807) is 58.5 Å². The maximum atomic E-state index is 14.1. The van der Waals surface area contributed by atoms with Gasteiger partial charge < -0.3 is 30.3 Å². The van der Waals surface area contributed by atoms with Gasteiger partial charge in [0.1, 0.15) is 5.60 Å². The van der Waals surface area contributed by atoms with Crippen molar-refractivity contribution >= 4 is 62.9 Å². The fraction of sp³-hybridized carbons (Fsp3) is 0.438. The van der Waals surface area contributed by atoms with Crippen LogP contribution in [0.15, 0.2) is 90.1 Å². The molecule has 3 N–H and O–H groups in total. The van der Waals surface area contributed by atoms with Crippen molar-refractivity contribution in [3.63, 3.8) is 0 Å². The number of nitrogens with zero attached hydrogens (tertiary/aromatic N) is 6. The lowest BCUT2D eigenvalue weighted by atomic mass is 9.88. The molecule has 4 heterocycles. The van der Waals surface area contributed by atoms with E-state index in [2.05, 4.69) is 25.5 Å². The number of halogens is 1. The molecule has 2 aliphatic heterocycles. The molecule has 338 valence electrons. The number of benzene rings is 3. The third-order valence-corrected chi connectivity index (χ3v) is 12.2. The summed E-state index contributed by atoms with van der Waals surface area (Å²) in [5.74, 6) is -0.726. The molecule has 2 aromatic heterocycles.